The van der Waals surface area contributed by atoms with Crippen LogP contribution in [0.15, 0.2) is 0 Å². The van der Waals surface area contributed by atoms with Gasteiger partial charge < -0.3 is 10.2 Å². The zero-order chi connectivity index (χ0) is 14.5. The van der Waals surface area contributed by atoms with Gasteiger partial charge in [0, 0.05) is 31.7 Å². The SMILES string of the molecule is CC(C)N(CC1CCCN1)C(C)C(=O)N1CCCCC1. The van der Waals surface area contributed by atoms with Gasteiger partial charge in [-0.25, -0.2) is 0 Å². The third-order valence-corrected chi connectivity index (χ3v) is 4.78. The third-order valence-electron chi connectivity index (χ3n) is 4.78. The van der Waals surface area contributed by atoms with Crippen molar-refractivity contribution >= 4 is 5.91 Å². The van der Waals surface area contributed by atoms with E-state index in [1.54, 1.807) is 0 Å². The van der Waals surface area contributed by atoms with Gasteiger partial charge >= 0.3 is 0 Å². The van der Waals surface area contributed by atoms with Crippen molar-refractivity contribution in [3.63, 3.8) is 0 Å². The molecular weight excluding hydrogens is 250 g/mol. The first-order valence-corrected chi connectivity index (χ1v) is 8.37. The van der Waals surface area contributed by atoms with Crippen LogP contribution in [-0.4, -0.2) is 60.0 Å². The molecule has 2 unspecified atom stereocenters. The lowest BCUT2D eigenvalue weighted by Gasteiger charge is -2.37. The number of carbonyl (C=O) groups excluding carboxylic acids is 1. The van der Waals surface area contributed by atoms with Crippen LogP contribution in [0.5, 0.6) is 0 Å². The second kappa shape index (κ2) is 7.41. The molecule has 1 N–H and O–H groups in total. The van der Waals surface area contributed by atoms with Crippen molar-refractivity contribution in [3.05, 3.63) is 0 Å². The van der Waals surface area contributed by atoms with E-state index in [2.05, 4.69) is 35.9 Å². The number of amides is 1. The van der Waals surface area contributed by atoms with Gasteiger partial charge in [0.15, 0.2) is 0 Å². The minimum atomic E-state index is 0.00972. The molecule has 0 aliphatic carbocycles. The average Bonchev–Trinajstić information content (AvgIpc) is 2.97. The van der Waals surface area contributed by atoms with Gasteiger partial charge in [-0.15, -0.1) is 0 Å². The lowest BCUT2D eigenvalue weighted by molar-refractivity contribution is -0.138. The van der Waals surface area contributed by atoms with E-state index >= 15 is 0 Å². The van der Waals surface area contributed by atoms with Crippen LogP contribution in [-0.2, 0) is 4.79 Å². The standard InChI is InChI=1S/C16H31N3O/c1-13(2)19(12-15-8-7-9-17-15)14(3)16(20)18-10-5-4-6-11-18/h13-15,17H,4-12H2,1-3H3. The van der Waals surface area contributed by atoms with Gasteiger partial charge in [0.2, 0.25) is 5.91 Å². The summed E-state index contributed by atoms with van der Waals surface area (Å²) >= 11 is 0. The lowest BCUT2D eigenvalue weighted by atomic mass is 10.1. The Morgan fingerprint density at radius 3 is 2.45 bits per heavy atom. The molecule has 2 aliphatic rings. The molecule has 0 spiro atoms. The van der Waals surface area contributed by atoms with Crippen molar-refractivity contribution < 1.29 is 4.79 Å². The second-order valence-electron chi connectivity index (χ2n) is 6.65. The Labute approximate surface area is 123 Å². The van der Waals surface area contributed by atoms with Crippen molar-refractivity contribution in [2.45, 2.75) is 71.0 Å². The van der Waals surface area contributed by atoms with Crippen molar-refractivity contribution in [1.82, 2.24) is 15.1 Å². The molecule has 0 bridgehead atoms. The second-order valence-corrected chi connectivity index (χ2v) is 6.65. The first-order chi connectivity index (χ1) is 9.59. The molecule has 0 aromatic carbocycles. The van der Waals surface area contributed by atoms with E-state index in [0.29, 0.717) is 18.0 Å². The minimum absolute atomic E-state index is 0.00972. The highest BCUT2D eigenvalue weighted by atomic mass is 16.2. The molecule has 2 saturated heterocycles. The minimum Gasteiger partial charge on any atom is -0.341 e. The predicted octanol–water partition coefficient (Wildman–Crippen LogP) is 1.85. The molecule has 116 valence electrons. The van der Waals surface area contributed by atoms with E-state index in [4.69, 9.17) is 0 Å². The fourth-order valence-electron chi connectivity index (χ4n) is 3.50. The van der Waals surface area contributed by atoms with Gasteiger partial charge in [-0.3, -0.25) is 9.69 Å². The van der Waals surface area contributed by atoms with E-state index in [1.807, 2.05) is 0 Å². The topological polar surface area (TPSA) is 35.6 Å². The molecule has 2 fully saturated rings. The van der Waals surface area contributed by atoms with E-state index in [-0.39, 0.29) is 6.04 Å². The van der Waals surface area contributed by atoms with Crippen molar-refractivity contribution in [2.24, 2.45) is 0 Å². The zero-order valence-corrected chi connectivity index (χ0v) is 13.4. The van der Waals surface area contributed by atoms with Gasteiger partial charge in [0.1, 0.15) is 0 Å². The first kappa shape index (κ1) is 15.8. The van der Waals surface area contributed by atoms with Crippen LogP contribution >= 0.6 is 0 Å². The number of nitrogens with one attached hydrogen (secondary N) is 1. The van der Waals surface area contributed by atoms with E-state index in [9.17, 15) is 4.79 Å². The number of hydrogen-bond donors (Lipinski definition) is 1. The Hall–Kier alpha value is -0.610. The largest absolute Gasteiger partial charge is 0.341 e. The Kier molecular flexibility index (Phi) is 5.85. The summed E-state index contributed by atoms with van der Waals surface area (Å²) in [4.78, 5) is 17.1. The molecule has 1 amide bonds. The normalized spacial score (nSPS) is 25.4. The van der Waals surface area contributed by atoms with Crippen LogP contribution in [0.2, 0.25) is 0 Å². The van der Waals surface area contributed by atoms with Crippen LogP contribution < -0.4 is 5.32 Å². The average molecular weight is 281 g/mol. The molecule has 0 saturated carbocycles. The van der Waals surface area contributed by atoms with Gasteiger partial charge in [-0.05, 0) is 59.4 Å². The molecule has 2 rings (SSSR count). The maximum absolute atomic E-state index is 12.7. The molecule has 4 heteroatoms. The van der Waals surface area contributed by atoms with Crippen LogP contribution in [0, 0.1) is 0 Å². The van der Waals surface area contributed by atoms with Gasteiger partial charge in [0.05, 0.1) is 6.04 Å². The Balaban J connectivity index is 1.94. The molecule has 4 nitrogen and oxygen atoms in total. The summed E-state index contributed by atoms with van der Waals surface area (Å²) in [6.07, 6.45) is 6.13. The van der Waals surface area contributed by atoms with Crippen molar-refractivity contribution in [3.8, 4) is 0 Å². The maximum atomic E-state index is 12.7. The van der Waals surface area contributed by atoms with E-state index in [0.717, 1.165) is 26.2 Å². The highest BCUT2D eigenvalue weighted by Gasteiger charge is 2.30. The Morgan fingerprint density at radius 2 is 1.90 bits per heavy atom. The van der Waals surface area contributed by atoms with Crippen LogP contribution in [0.3, 0.4) is 0 Å². The summed E-state index contributed by atoms with van der Waals surface area (Å²) in [6, 6.07) is 0.991. The fourth-order valence-corrected chi connectivity index (χ4v) is 3.50. The number of hydrogen-bond acceptors (Lipinski definition) is 3. The summed E-state index contributed by atoms with van der Waals surface area (Å²) in [5.74, 6) is 0.330. The highest BCUT2D eigenvalue weighted by Crippen LogP contribution is 2.16. The molecule has 0 aromatic heterocycles. The molecule has 2 atom stereocenters. The highest BCUT2D eigenvalue weighted by molar-refractivity contribution is 5.81. The molecular formula is C16H31N3O. The van der Waals surface area contributed by atoms with Crippen LogP contribution in [0.25, 0.3) is 0 Å². The number of piperidine rings is 1. The van der Waals surface area contributed by atoms with Gasteiger partial charge in [-0.1, -0.05) is 0 Å². The molecule has 2 aliphatic heterocycles. The van der Waals surface area contributed by atoms with E-state index < -0.39 is 0 Å². The number of likely N-dealkylation sites (tertiary alicyclic amines) is 1. The lowest BCUT2D eigenvalue weighted by Crippen LogP contribution is -2.53. The first-order valence-electron chi connectivity index (χ1n) is 8.37. The maximum Gasteiger partial charge on any atom is 0.239 e. The zero-order valence-electron chi connectivity index (χ0n) is 13.4. The Morgan fingerprint density at radius 1 is 1.20 bits per heavy atom. The summed E-state index contributed by atoms with van der Waals surface area (Å²) in [7, 11) is 0. The summed E-state index contributed by atoms with van der Waals surface area (Å²) in [6.45, 7) is 10.5. The summed E-state index contributed by atoms with van der Waals surface area (Å²) < 4.78 is 0. The van der Waals surface area contributed by atoms with E-state index in [1.165, 1.54) is 32.1 Å². The van der Waals surface area contributed by atoms with Crippen LogP contribution in [0.4, 0.5) is 0 Å². The van der Waals surface area contributed by atoms with Crippen molar-refractivity contribution in [2.75, 3.05) is 26.2 Å². The van der Waals surface area contributed by atoms with Crippen molar-refractivity contribution in [1.29, 1.82) is 0 Å². The summed E-state index contributed by atoms with van der Waals surface area (Å²) in [5.41, 5.74) is 0. The smallest absolute Gasteiger partial charge is 0.239 e. The third kappa shape index (κ3) is 3.95. The number of carbonyl (C=O) groups is 1. The summed E-state index contributed by atoms with van der Waals surface area (Å²) in [5, 5.41) is 3.55. The number of rotatable bonds is 5. The van der Waals surface area contributed by atoms with Gasteiger partial charge in [-0.2, -0.15) is 0 Å². The number of nitrogens with zero attached hydrogens (tertiary/aromatic N) is 2. The molecule has 0 aromatic rings. The van der Waals surface area contributed by atoms with Crippen LogP contribution in [0.1, 0.15) is 52.9 Å². The molecule has 2 heterocycles. The fraction of sp³-hybridized carbons (Fsp3) is 0.938. The Bertz CT molecular complexity index is 307. The predicted molar refractivity (Wildman–Crippen MR) is 82.8 cm³/mol. The molecule has 20 heavy (non-hydrogen) atoms. The monoisotopic (exact) mass is 281 g/mol. The molecule has 0 radical (unpaired) electrons. The van der Waals surface area contributed by atoms with Gasteiger partial charge in [0.25, 0.3) is 0 Å². The quantitative estimate of drug-likeness (QED) is 0.835.